The zero-order valence-electron chi connectivity index (χ0n) is 16.0. The largest absolute Gasteiger partial charge is 0.487 e. The molecule has 0 bridgehead atoms. The Morgan fingerprint density at radius 3 is 2.80 bits per heavy atom. The fourth-order valence-electron chi connectivity index (χ4n) is 1.89. The Labute approximate surface area is 146 Å². The maximum atomic E-state index is 12.7. The summed E-state index contributed by atoms with van der Waals surface area (Å²) in [6.07, 6.45) is -7.05. The highest BCUT2D eigenvalue weighted by molar-refractivity contribution is 5.74. The van der Waals surface area contributed by atoms with Crippen molar-refractivity contribution in [2.24, 2.45) is 0 Å². The molecule has 0 aliphatic heterocycles. The standard InChI is InChI=1S/C16H17F3N2O4/c1-24-15(23)13(22)8-11-4-2-3-5-14(11)25-9-12-6-7-20-21(12)10-16(17,18)19/h2-7,13,22H,8-10H2,1H3/i8D,9D2. The quantitative estimate of drug-likeness (QED) is 0.765. The fraction of sp³-hybridized carbons (Fsp3) is 0.375. The summed E-state index contributed by atoms with van der Waals surface area (Å²) >= 11 is 0. The van der Waals surface area contributed by atoms with Crippen LogP contribution in [0.5, 0.6) is 5.75 Å². The number of para-hydroxylation sites is 1. The van der Waals surface area contributed by atoms with Crippen molar-refractivity contribution in [3.8, 4) is 5.75 Å². The minimum Gasteiger partial charge on any atom is -0.487 e. The molecule has 2 atom stereocenters. The summed E-state index contributed by atoms with van der Waals surface area (Å²) in [6, 6.07) is 6.54. The van der Waals surface area contributed by atoms with Gasteiger partial charge in [-0.2, -0.15) is 18.3 Å². The lowest BCUT2D eigenvalue weighted by Crippen LogP contribution is -2.24. The van der Waals surface area contributed by atoms with Crippen LogP contribution < -0.4 is 4.74 Å². The molecule has 0 aliphatic carbocycles. The van der Waals surface area contributed by atoms with Crippen LogP contribution in [0.15, 0.2) is 36.5 Å². The van der Waals surface area contributed by atoms with E-state index in [2.05, 4.69) is 9.84 Å². The highest BCUT2D eigenvalue weighted by Gasteiger charge is 2.29. The second kappa shape index (κ2) is 8.02. The second-order valence-electron chi connectivity index (χ2n) is 4.87. The molecule has 136 valence electrons. The summed E-state index contributed by atoms with van der Waals surface area (Å²) < 4.78 is 72.1. The Bertz CT molecular complexity index is 829. The number of nitrogens with zero attached hydrogens (tertiary/aromatic N) is 2. The summed E-state index contributed by atoms with van der Waals surface area (Å²) in [5.74, 6) is -1.30. The van der Waals surface area contributed by atoms with Gasteiger partial charge < -0.3 is 14.6 Å². The average molecular weight is 361 g/mol. The van der Waals surface area contributed by atoms with Crippen molar-refractivity contribution in [1.82, 2.24) is 9.78 Å². The van der Waals surface area contributed by atoms with E-state index in [1.165, 1.54) is 24.3 Å². The maximum Gasteiger partial charge on any atom is 0.408 e. The number of rotatable bonds is 7. The molecule has 6 nitrogen and oxygen atoms in total. The first kappa shape index (κ1) is 14.8. The predicted octanol–water partition coefficient (Wildman–Crippen LogP) is 2.10. The molecule has 2 unspecified atom stereocenters. The second-order valence-corrected chi connectivity index (χ2v) is 4.87. The summed E-state index contributed by atoms with van der Waals surface area (Å²) in [7, 11) is 1.03. The molecule has 1 aromatic heterocycles. The average Bonchev–Trinajstić information content (AvgIpc) is 3.07. The van der Waals surface area contributed by atoms with Gasteiger partial charge >= 0.3 is 12.1 Å². The lowest BCUT2D eigenvalue weighted by atomic mass is 10.1. The molecule has 9 heteroatoms. The van der Waals surface area contributed by atoms with Crippen LogP contribution in [0.3, 0.4) is 0 Å². The van der Waals surface area contributed by atoms with Gasteiger partial charge in [0.2, 0.25) is 0 Å². The van der Waals surface area contributed by atoms with E-state index in [1.807, 2.05) is 0 Å². The molecule has 1 aromatic carbocycles. The molecule has 0 aliphatic rings. The Balaban J connectivity index is 2.33. The van der Waals surface area contributed by atoms with Crippen LogP contribution in [0.2, 0.25) is 0 Å². The van der Waals surface area contributed by atoms with Gasteiger partial charge in [0.1, 0.15) is 18.9 Å². The number of halogens is 3. The third-order valence-electron chi connectivity index (χ3n) is 3.01. The summed E-state index contributed by atoms with van der Waals surface area (Å²) in [5.41, 5.74) is -0.541. The minimum atomic E-state index is -4.62. The number of aromatic nitrogens is 2. The van der Waals surface area contributed by atoms with E-state index >= 15 is 0 Å². The Morgan fingerprint density at radius 1 is 1.40 bits per heavy atom. The number of alkyl halides is 3. The number of ether oxygens (including phenoxy) is 2. The van der Waals surface area contributed by atoms with E-state index in [0.717, 1.165) is 19.4 Å². The van der Waals surface area contributed by atoms with Gasteiger partial charge in [-0.15, -0.1) is 0 Å². The number of aliphatic hydroxyl groups excluding tert-OH is 1. The molecule has 1 heterocycles. The van der Waals surface area contributed by atoms with Crippen molar-refractivity contribution < 1.29 is 36.7 Å². The molecule has 2 rings (SSSR count). The van der Waals surface area contributed by atoms with E-state index < -0.39 is 43.4 Å². The summed E-state index contributed by atoms with van der Waals surface area (Å²) in [5, 5.41) is 13.3. The van der Waals surface area contributed by atoms with Crippen molar-refractivity contribution in [2.75, 3.05) is 7.11 Å². The Hall–Kier alpha value is -2.55. The molecule has 0 amide bonds. The molecule has 0 spiro atoms. The van der Waals surface area contributed by atoms with Crippen LogP contribution in [-0.4, -0.2) is 40.2 Å². The molecular weight excluding hydrogens is 341 g/mol. The predicted molar refractivity (Wildman–Crippen MR) is 80.8 cm³/mol. The smallest absolute Gasteiger partial charge is 0.408 e. The van der Waals surface area contributed by atoms with Crippen molar-refractivity contribution >= 4 is 5.97 Å². The molecule has 0 saturated carbocycles. The van der Waals surface area contributed by atoms with Crippen LogP contribution in [0.25, 0.3) is 0 Å². The van der Waals surface area contributed by atoms with Crippen LogP contribution in [-0.2, 0) is 29.0 Å². The fourth-order valence-corrected chi connectivity index (χ4v) is 1.89. The monoisotopic (exact) mass is 361 g/mol. The van der Waals surface area contributed by atoms with Crippen molar-refractivity contribution in [3.63, 3.8) is 0 Å². The van der Waals surface area contributed by atoms with E-state index in [9.17, 15) is 23.1 Å². The van der Waals surface area contributed by atoms with E-state index in [0.29, 0.717) is 4.68 Å². The lowest BCUT2D eigenvalue weighted by Gasteiger charge is -2.15. The van der Waals surface area contributed by atoms with Gasteiger partial charge in [-0.1, -0.05) is 18.2 Å². The van der Waals surface area contributed by atoms with Crippen LogP contribution in [0.4, 0.5) is 13.2 Å². The molecule has 0 fully saturated rings. The minimum absolute atomic E-state index is 0.0499. The highest BCUT2D eigenvalue weighted by atomic mass is 19.4. The number of esters is 1. The number of hydrogen-bond donors (Lipinski definition) is 1. The van der Waals surface area contributed by atoms with Crippen molar-refractivity contribution in [2.45, 2.75) is 31.8 Å². The molecule has 0 saturated heterocycles. The van der Waals surface area contributed by atoms with E-state index in [4.69, 9.17) is 8.85 Å². The third kappa shape index (κ3) is 5.49. The van der Waals surface area contributed by atoms with E-state index in [1.54, 1.807) is 0 Å². The Kier molecular flexibility index (Phi) is 4.73. The van der Waals surface area contributed by atoms with Gasteiger partial charge in [-0.05, 0) is 17.7 Å². The number of carbonyl (C=O) groups excluding carboxylic acids is 1. The van der Waals surface area contributed by atoms with Gasteiger partial charge in [-0.25, -0.2) is 4.79 Å². The van der Waals surface area contributed by atoms with Gasteiger partial charge in [0, 0.05) is 14.0 Å². The van der Waals surface area contributed by atoms with Crippen LogP contribution in [0.1, 0.15) is 15.4 Å². The van der Waals surface area contributed by atoms with Gasteiger partial charge in [-0.3, -0.25) is 4.68 Å². The van der Waals surface area contributed by atoms with Gasteiger partial charge in [0.25, 0.3) is 0 Å². The Morgan fingerprint density at radius 2 is 2.12 bits per heavy atom. The normalized spacial score (nSPS) is 16.3. The van der Waals surface area contributed by atoms with Crippen LogP contribution >= 0.6 is 0 Å². The maximum absolute atomic E-state index is 12.7. The topological polar surface area (TPSA) is 73.6 Å². The number of benzene rings is 1. The first-order valence-corrected chi connectivity index (χ1v) is 7.01. The molecule has 1 N–H and O–H groups in total. The van der Waals surface area contributed by atoms with E-state index in [-0.39, 0.29) is 11.3 Å². The first-order chi connectivity index (χ1) is 13.0. The summed E-state index contributed by atoms with van der Waals surface area (Å²) in [4.78, 5) is 11.5. The number of methoxy groups -OCH3 is 1. The lowest BCUT2D eigenvalue weighted by molar-refractivity contribution is -0.150. The highest BCUT2D eigenvalue weighted by Crippen LogP contribution is 2.22. The van der Waals surface area contributed by atoms with Crippen molar-refractivity contribution in [1.29, 1.82) is 0 Å². The summed E-state index contributed by atoms with van der Waals surface area (Å²) in [6.45, 7) is -4.25. The van der Waals surface area contributed by atoms with Crippen LogP contribution in [0, 0.1) is 0 Å². The third-order valence-corrected chi connectivity index (χ3v) is 3.01. The number of hydrogen-bond acceptors (Lipinski definition) is 5. The molecular formula is C16H17F3N2O4. The first-order valence-electron chi connectivity index (χ1n) is 8.59. The molecule has 25 heavy (non-hydrogen) atoms. The SMILES string of the molecule is [2H]C(c1ccccc1OC([2H])([2H])c1ccnn1CC(F)(F)F)C(O)C(=O)OC. The van der Waals surface area contributed by atoms with Gasteiger partial charge in [0.15, 0.2) is 6.10 Å². The molecule has 2 aromatic rings. The molecule has 0 radical (unpaired) electrons. The number of carbonyl (C=O) groups is 1. The zero-order chi connectivity index (χ0) is 21.1. The zero-order valence-corrected chi connectivity index (χ0v) is 13.0. The number of aliphatic hydroxyl groups is 1. The van der Waals surface area contributed by atoms with Gasteiger partial charge in [0.05, 0.1) is 15.5 Å². The van der Waals surface area contributed by atoms with Crippen molar-refractivity contribution in [3.05, 3.63) is 47.8 Å².